The minimum Gasteiger partial charge on any atom is -0.493 e. The number of hydrogen-bond acceptors (Lipinski definition) is 4. The SMILES string of the molecule is CCOc1ccc2ccccc2c1C(=O)N1CC(S(=O)(=O)c2ccc(Cl)cc2)C1. The van der Waals surface area contributed by atoms with Crippen molar-refractivity contribution in [3.63, 3.8) is 0 Å². The third-order valence-electron chi connectivity index (χ3n) is 5.12. The Morgan fingerprint density at radius 2 is 1.76 bits per heavy atom. The normalized spacial score (nSPS) is 14.6. The number of likely N-dealkylation sites (tertiary alicyclic amines) is 1. The topological polar surface area (TPSA) is 63.7 Å². The zero-order chi connectivity index (χ0) is 20.6. The molecule has 0 aliphatic carbocycles. The van der Waals surface area contributed by atoms with Gasteiger partial charge in [-0.15, -0.1) is 0 Å². The van der Waals surface area contributed by atoms with Crippen molar-refractivity contribution in [3.8, 4) is 5.75 Å². The second-order valence-corrected chi connectivity index (χ2v) is 9.59. The lowest BCUT2D eigenvalue weighted by Crippen LogP contribution is -2.56. The van der Waals surface area contributed by atoms with Crippen LogP contribution in [0.2, 0.25) is 5.02 Å². The first-order valence-corrected chi connectivity index (χ1v) is 11.3. The highest BCUT2D eigenvalue weighted by Crippen LogP contribution is 2.32. The molecule has 150 valence electrons. The van der Waals surface area contributed by atoms with Crippen LogP contribution in [0, 0.1) is 0 Å². The molecule has 29 heavy (non-hydrogen) atoms. The molecule has 5 nitrogen and oxygen atoms in total. The predicted octanol–water partition coefficient (Wildman–Crippen LogP) is 4.19. The summed E-state index contributed by atoms with van der Waals surface area (Å²) in [5.41, 5.74) is 0.479. The Kier molecular flexibility index (Phi) is 5.23. The van der Waals surface area contributed by atoms with Crippen LogP contribution < -0.4 is 4.74 Å². The van der Waals surface area contributed by atoms with Crippen LogP contribution >= 0.6 is 11.6 Å². The third kappa shape index (κ3) is 3.58. The lowest BCUT2D eigenvalue weighted by molar-refractivity contribution is 0.0657. The smallest absolute Gasteiger partial charge is 0.258 e. The summed E-state index contributed by atoms with van der Waals surface area (Å²) >= 11 is 5.85. The second kappa shape index (κ2) is 7.69. The van der Waals surface area contributed by atoms with E-state index in [0.29, 0.717) is 22.9 Å². The highest BCUT2D eigenvalue weighted by atomic mass is 35.5. The summed E-state index contributed by atoms with van der Waals surface area (Å²) in [5, 5.41) is 1.59. The monoisotopic (exact) mass is 429 g/mol. The van der Waals surface area contributed by atoms with E-state index in [0.717, 1.165) is 10.8 Å². The maximum atomic E-state index is 13.2. The predicted molar refractivity (Wildman–Crippen MR) is 113 cm³/mol. The molecule has 1 amide bonds. The molecule has 0 atom stereocenters. The molecule has 1 aliphatic rings. The maximum Gasteiger partial charge on any atom is 0.258 e. The van der Waals surface area contributed by atoms with Crippen LogP contribution in [0.15, 0.2) is 65.6 Å². The molecule has 4 rings (SSSR count). The van der Waals surface area contributed by atoms with Gasteiger partial charge in [0.1, 0.15) is 11.0 Å². The van der Waals surface area contributed by atoms with Crippen LogP contribution in [0.1, 0.15) is 17.3 Å². The summed E-state index contributed by atoms with van der Waals surface area (Å²) in [6, 6.07) is 17.4. The Bertz CT molecular complexity index is 1170. The quantitative estimate of drug-likeness (QED) is 0.610. The van der Waals surface area contributed by atoms with Crippen molar-refractivity contribution >= 4 is 38.1 Å². The molecule has 3 aromatic carbocycles. The van der Waals surface area contributed by atoms with Crippen LogP contribution in [0.25, 0.3) is 10.8 Å². The molecule has 3 aromatic rings. The molecule has 7 heteroatoms. The van der Waals surface area contributed by atoms with Gasteiger partial charge in [-0.05, 0) is 48.0 Å². The van der Waals surface area contributed by atoms with Gasteiger partial charge in [0.25, 0.3) is 5.91 Å². The van der Waals surface area contributed by atoms with E-state index in [1.54, 1.807) is 23.1 Å². The van der Waals surface area contributed by atoms with Gasteiger partial charge < -0.3 is 9.64 Å². The molecule has 0 N–H and O–H groups in total. The van der Waals surface area contributed by atoms with Crippen molar-refractivity contribution in [1.29, 1.82) is 0 Å². The number of carbonyl (C=O) groups excluding carboxylic acids is 1. The summed E-state index contributed by atoms with van der Waals surface area (Å²) in [7, 11) is -3.51. The van der Waals surface area contributed by atoms with Crippen molar-refractivity contribution < 1.29 is 17.9 Å². The lowest BCUT2D eigenvalue weighted by Gasteiger charge is -2.39. The largest absolute Gasteiger partial charge is 0.493 e. The first kappa shape index (κ1) is 19.7. The zero-order valence-electron chi connectivity index (χ0n) is 15.8. The van der Waals surface area contributed by atoms with Gasteiger partial charge in [0.15, 0.2) is 9.84 Å². The number of sulfone groups is 1. The highest BCUT2D eigenvalue weighted by Gasteiger charge is 2.41. The number of fused-ring (bicyclic) bond motifs is 1. The van der Waals surface area contributed by atoms with Gasteiger partial charge in [0.05, 0.1) is 17.1 Å². The van der Waals surface area contributed by atoms with Gasteiger partial charge in [-0.25, -0.2) is 8.42 Å². The van der Waals surface area contributed by atoms with Crippen molar-refractivity contribution in [2.75, 3.05) is 19.7 Å². The van der Waals surface area contributed by atoms with Crippen molar-refractivity contribution in [3.05, 3.63) is 71.2 Å². The van der Waals surface area contributed by atoms with E-state index in [4.69, 9.17) is 16.3 Å². The molecule has 0 unspecified atom stereocenters. The van der Waals surface area contributed by atoms with Gasteiger partial charge >= 0.3 is 0 Å². The van der Waals surface area contributed by atoms with Gasteiger partial charge in [-0.1, -0.05) is 41.9 Å². The van der Waals surface area contributed by atoms with E-state index in [9.17, 15) is 13.2 Å². The molecule has 1 aliphatic heterocycles. The van der Waals surface area contributed by atoms with E-state index in [-0.39, 0.29) is 23.9 Å². The summed E-state index contributed by atoms with van der Waals surface area (Å²) in [4.78, 5) is 15.0. The Hall–Kier alpha value is -2.57. The molecule has 1 heterocycles. The number of halogens is 1. The standard InChI is InChI=1S/C22H20ClNO4S/c1-2-28-20-12-7-15-5-3-4-6-19(15)21(20)22(25)24-13-18(14-24)29(26,27)17-10-8-16(23)9-11-17/h3-12,18H,2,13-14H2,1H3. The Morgan fingerprint density at radius 1 is 1.07 bits per heavy atom. The van der Waals surface area contributed by atoms with E-state index in [1.165, 1.54) is 12.1 Å². The van der Waals surface area contributed by atoms with Gasteiger partial charge in [0.2, 0.25) is 0 Å². The second-order valence-electron chi connectivity index (χ2n) is 6.92. The molecule has 0 aromatic heterocycles. The highest BCUT2D eigenvalue weighted by molar-refractivity contribution is 7.92. The molecule has 1 saturated heterocycles. The number of rotatable bonds is 5. The first-order valence-electron chi connectivity index (χ1n) is 9.35. The average Bonchev–Trinajstić information content (AvgIpc) is 2.67. The number of nitrogens with zero attached hydrogens (tertiary/aromatic N) is 1. The zero-order valence-corrected chi connectivity index (χ0v) is 17.4. The molecular weight excluding hydrogens is 410 g/mol. The number of carbonyl (C=O) groups is 1. The average molecular weight is 430 g/mol. The van der Waals surface area contributed by atoms with E-state index < -0.39 is 15.1 Å². The number of benzene rings is 3. The fraction of sp³-hybridized carbons (Fsp3) is 0.227. The summed E-state index contributed by atoms with van der Waals surface area (Å²) in [5.74, 6) is 0.299. The van der Waals surface area contributed by atoms with Gasteiger partial charge in [-0.2, -0.15) is 0 Å². The van der Waals surface area contributed by atoms with Gasteiger partial charge in [-0.3, -0.25) is 4.79 Å². The number of amides is 1. The molecular formula is C22H20ClNO4S. The third-order valence-corrected chi connectivity index (χ3v) is 7.48. The van der Waals surface area contributed by atoms with E-state index >= 15 is 0 Å². The number of hydrogen-bond donors (Lipinski definition) is 0. The lowest BCUT2D eigenvalue weighted by atomic mass is 10.0. The summed E-state index contributed by atoms with van der Waals surface area (Å²) in [6.07, 6.45) is 0. The Labute approximate surface area is 174 Å². The van der Waals surface area contributed by atoms with Crippen molar-refractivity contribution in [1.82, 2.24) is 4.90 Å². The van der Waals surface area contributed by atoms with Crippen molar-refractivity contribution in [2.24, 2.45) is 0 Å². The molecule has 0 bridgehead atoms. The van der Waals surface area contributed by atoms with Crippen LogP contribution in [0.3, 0.4) is 0 Å². The Morgan fingerprint density at radius 3 is 2.45 bits per heavy atom. The minimum atomic E-state index is -3.51. The fourth-order valence-corrected chi connectivity index (χ4v) is 5.30. The maximum absolute atomic E-state index is 13.2. The molecule has 0 saturated carbocycles. The molecule has 0 spiro atoms. The summed E-state index contributed by atoms with van der Waals surface area (Å²) in [6.45, 7) is 2.60. The van der Waals surface area contributed by atoms with Gasteiger partial charge in [0, 0.05) is 18.1 Å². The molecule has 0 radical (unpaired) electrons. The first-order chi connectivity index (χ1) is 13.9. The van der Waals surface area contributed by atoms with Crippen LogP contribution in [-0.4, -0.2) is 44.2 Å². The van der Waals surface area contributed by atoms with Crippen molar-refractivity contribution in [2.45, 2.75) is 17.1 Å². The summed E-state index contributed by atoms with van der Waals surface area (Å²) < 4.78 is 31.3. The van der Waals surface area contributed by atoms with Crippen LogP contribution in [-0.2, 0) is 9.84 Å². The Balaban J connectivity index is 1.60. The van der Waals surface area contributed by atoms with E-state index in [2.05, 4.69) is 0 Å². The van der Waals surface area contributed by atoms with Crippen LogP contribution in [0.5, 0.6) is 5.75 Å². The van der Waals surface area contributed by atoms with E-state index in [1.807, 2.05) is 37.3 Å². The minimum absolute atomic E-state index is 0.151. The molecule has 1 fully saturated rings. The van der Waals surface area contributed by atoms with Crippen LogP contribution in [0.4, 0.5) is 0 Å². The number of ether oxygens (including phenoxy) is 1. The fourth-order valence-electron chi connectivity index (χ4n) is 3.52.